The number of carbonyl (C=O) groups is 2. The van der Waals surface area contributed by atoms with Crippen molar-refractivity contribution in [3.05, 3.63) is 12.2 Å². The van der Waals surface area contributed by atoms with Gasteiger partial charge < -0.3 is 9.47 Å². The molecule has 4 nitrogen and oxygen atoms in total. The van der Waals surface area contributed by atoms with Crippen LogP contribution < -0.4 is 0 Å². The van der Waals surface area contributed by atoms with E-state index in [0.717, 1.165) is 0 Å². The summed E-state index contributed by atoms with van der Waals surface area (Å²) in [6.45, 7) is 2.71. The number of hydrogen-bond acceptors (Lipinski definition) is 4. The minimum Gasteiger partial charge on any atom is -0.458 e. The average Bonchev–Trinajstić information content (AvgIpc) is 2.33. The largest absolute Gasteiger partial charge is 0.458 e. The molecule has 1 rings (SSSR count). The highest BCUT2D eigenvalue weighted by molar-refractivity contribution is 5.67. The number of carbonyl (C=O) groups excluding carboxylic acids is 2. The maximum Gasteiger partial charge on any atom is 0.303 e. The highest BCUT2D eigenvalue weighted by Crippen LogP contribution is 2.17. The van der Waals surface area contributed by atoms with Gasteiger partial charge >= 0.3 is 11.9 Å². The average molecular weight is 184 g/mol. The molecule has 0 aromatic carbocycles. The molecule has 0 aromatic rings. The van der Waals surface area contributed by atoms with E-state index >= 15 is 0 Å². The summed E-state index contributed by atoms with van der Waals surface area (Å²) in [6, 6.07) is 0. The number of ether oxygens (including phenoxy) is 2. The van der Waals surface area contributed by atoms with Gasteiger partial charge in [-0.1, -0.05) is 0 Å². The molecule has 0 N–H and O–H groups in total. The predicted octanol–water partition coefficient (Wildman–Crippen LogP) is 0.810. The van der Waals surface area contributed by atoms with Gasteiger partial charge in [-0.15, -0.1) is 0 Å². The Morgan fingerprint density at radius 2 is 1.46 bits per heavy atom. The standard InChI is InChI=1S/C9H12O4/c1-6(10)12-8-3-4-9(5-8)13-7(2)11/h3-4,8-9H,5H2,1-2H3/t8-,9-/m0/s1. The van der Waals surface area contributed by atoms with E-state index in [1.807, 2.05) is 0 Å². The lowest BCUT2D eigenvalue weighted by molar-refractivity contribution is -0.147. The van der Waals surface area contributed by atoms with Crippen molar-refractivity contribution < 1.29 is 19.1 Å². The van der Waals surface area contributed by atoms with Crippen molar-refractivity contribution in [3.8, 4) is 0 Å². The van der Waals surface area contributed by atoms with Gasteiger partial charge in [0.1, 0.15) is 12.2 Å². The second-order valence-corrected chi connectivity index (χ2v) is 2.92. The minimum absolute atomic E-state index is 0.248. The molecule has 0 radical (unpaired) electrons. The van der Waals surface area contributed by atoms with E-state index in [1.54, 1.807) is 12.2 Å². The molecule has 0 saturated heterocycles. The Morgan fingerprint density at radius 3 is 1.77 bits per heavy atom. The molecule has 0 aliphatic heterocycles. The third kappa shape index (κ3) is 3.27. The van der Waals surface area contributed by atoms with Crippen LogP contribution in [0, 0.1) is 0 Å². The summed E-state index contributed by atoms with van der Waals surface area (Å²) in [5.41, 5.74) is 0. The molecule has 0 amide bonds. The quantitative estimate of drug-likeness (QED) is 0.470. The zero-order chi connectivity index (χ0) is 9.84. The second kappa shape index (κ2) is 4.07. The van der Waals surface area contributed by atoms with Gasteiger partial charge in [-0.25, -0.2) is 0 Å². The molecule has 0 heterocycles. The first kappa shape index (κ1) is 9.77. The van der Waals surface area contributed by atoms with Gasteiger partial charge in [0, 0.05) is 20.3 Å². The van der Waals surface area contributed by atoms with E-state index in [-0.39, 0.29) is 24.1 Å². The van der Waals surface area contributed by atoms with Gasteiger partial charge in [-0.2, -0.15) is 0 Å². The van der Waals surface area contributed by atoms with Gasteiger partial charge in [-0.05, 0) is 12.2 Å². The zero-order valence-electron chi connectivity index (χ0n) is 7.65. The normalized spacial score (nSPS) is 25.7. The molecule has 72 valence electrons. The van der Waals surface area contributed by atoms with Gasteiger partial charge in [0.05, 0.1) is 0 Å². The van der Waals surface area contributed by atoms with Crippen LogP contribution in [0.2, 0.25) is 0 Å². The van der Waals surface area contributed by atoms with Crippen LogP contribution in [0.5, 0.6) is 0 Å². The minimum atomic E-state index is -0.321. The fourth-order valence-electron chi connectivity index (χ4n) is 1.24. The van der Waals surface area contributed by atoms with E-state index in [2.05, 4.69) is 0 Å². The first-order valence-electron chi connectivity index (χ1n) is 4.10. The molecular formula is C9H12O4. The van der Waals surface area contributed by atoms with Crippen LogP contribution in [-0.4, -0.2) is 24.1 Å². The summed E-state index contributed by atoms with van der Waals surface area (Å²) < 4.78 is 9.81. The summed E-state index contributed by atoms with van der Waals surface area (Å²) in [4.78, 5) is 21.1. The Labute approximate surface area is 76.5 Å². The van der Waals surface area contributed by atoms with Gasteiger partial charge in [0.15, 0.2) is 0 Å². The Kier molecular flexibility index (Phi) is 3.06. The molecule has 0 fully saturated rings. The molecule has 1 aliphatic carbocycles. The maximum atomic E-state index is 10.6. The van der Waals surface area contributed by atoms with E-state index in [4.69, 9.17) is 9.47 Å². The Morgan fingerprint density at radius 1 is 1.08 bits per heavy atom. The molecule has 13 heavy (non-hydrogen) atoms. The fourth-order valence-corrected chi connectivity index (χ4v) is 1.24. The highest BCUT2D eigenvalue weighted by atomic mass is 16.6. The summed E-state index contributed by atoms with van der Waals surface area (Å²) in [6.07, 6.45) is 3.49. The van der Waals surface area contributed by atoms with Crippen LogP contribution >= 0.6 is 0 Å². The van der Waals surface area contributed by atoms with E-state index in [1.165, 1.54) is 13.8 Å². The van der Waals surface area contributed by atoms with Crippen molar-refractivity contribution in [2.45, 2.75) is 32.5 Å². The van der Waals surface area contributed by atoms with Crippen molar-refractivity contribution in [1.82, 2.24) is 0 Å². The Bertz CT molecular complexity index is 220. The smallest absolute Gasteiger partial charge is 0.303 e. The van der Waals surface area contributed by atoms with Crippen molar-refractivity contribution in [3.63, 3.8) is 0 Å². The Balaban J connectivity index is 2.33. The summed E-state index contributed by atoms with van der Waals surface area (Å²) in [5, 5.41) is 0. The molecule has 0 spiro atoms. The van der Waals surface area contributed by atoms with Crippen molar-refractivity contribution in [2.24, 2.45) is 0 Å². The summed E-state index contributed by atoms with van der Waals surface area (Å²) >= 11 is 0. The molecule has 0 unspecified atom stereocenters. The molecule has 1 aliphatic rings. The predicted molar refractivity (Wildman–Crippen MR) is 44.9 cm³/mol. The lowest BCUT2D eigenvalue weighted by Crippen LogP contribution is -2.17. The highest BCUT2D eigenvalue weighted by Gasteiger charge is 2.22. The number of hydrogen-bond donors (Lipinski definition) is 0. The monoisotopic (exact) mass is 184 g/mol. The topological polar surface area (TPSA) is 52.6 Å². The van der Waals surface area contributed by atoms with Gasteiger partial charge in [-0.3, -0.25) is 9.59 Å². The van der Waals surface area contributed by atoms with Crippen LogP contribution in [0.25, 0.3) is 0 Å². The van der Waals surface area contributed by atoms with Crippen LogP contribution in [0.1, 0.15) is 20.3 Å². The number of rotatable bonds is 2. The third-order valence-corrected chi connectivity index (χ3v) is 1.64. The third-order valence-electron chi connectivity index (χ3n) is 1.64. The molecular weight excluding hydrogens is 172 g/mol. The van der Waals surface area contributed by atoms with Crippen LogP contribution in [0.4, 0.5) is 0 Å². The van der Waals surface area contributed by atoms with Crippen LogP contribution in [0.3, 0.4) is 0 Å². The Hall–Kier alpha value is -1.32. The van der Waals surface area contributed by atoms with E-state index in [0.29, 0.717) is 6.42 Å². The van der Waals surface area contributed by atoms with Crippen molar-refractivity contribution in [1.29, 1.82) is 0 Å². The van der Waals surface area contributed by atoms with Crippen molar-refractivity contribution in [2.75, 3.05) is 0 Å². The van der Waals surface area contributed by atoms with Gasteiger partial charge in [0.25, 0.3) is 0 Å². The fraction of sp³-hybridized carbons (Fsp3) is 0.556. The molecule has 2 atom stereocenters. The SMILES string of the molecule is CC(=O)O[C@H]1C=C[C@H](OC(C)=O)C1. The van der Waals surface area contributed by atoms with E-state index in [9.17, 15) is 9.59 Å². The molecule has 4 heteroatoms. The number of esters is 2. The lowest BCUT2D eigenvalue weighted by atomic mass is 10.3. The zero-order valence-corrected chi connectivity index (χ0v) is 7.65. The summed E-state index contributed by atoms with van der Waals surface area (Å²) in [5.74, 6) is -0.642. The first-order chi connectivity index (χ1) is 6.08. The van der Waals surface area contributed by atoms with Gasteiger partial charge in [0.2, 0.25) is 0 Å². The lowest BCUT2D eigenvalue weighted by Gasteiger charge is -2.11. The second-order valence-electron chi connectivity index (χ2n) is 2.92. The van der Waals surface area contributed by atoms with E-state index < -0.39 is 0 Å². The van der Waals surface area contributed by atoms with Crippen LogP contribution in [0.15, 0.2) is 12.2 Å². The first-order valence-corrected chi connectivity index (χ1v) is 4.10. The van der Waals surface area contributed by atoms with Crippen LogP contribution in [-0.2, 0) is 19.1 Å². The summed E-state index contributed by atoms with van der Waals surface area (Å²) in [7, 11) is 0. The van der Waals surface area contributed by atoms with Crippen molar-refractivity contribution >= 4 is 11.9 Å². The maximum absolute atomic E-state index is 10.6. The molecule has 0 bridgehead atoms. The molecule has 0 aromatic heterocycles. The molecule has 0 saturated carbocycles.